The quantitative estimate of drug-likeness (QED) is 0.640. The highest BCUT2D eigenvalue weighted by Gasteiger charge is 2.25. The maximum atomic E-state index is 13.2. The molecule has 0 unspecified atom stereocenters. The van der Waals surface area contributed by atoms with Crippen LogP contribution in [0.25, 0.3) is 0 Å². The van der Waals surface area contributed by atoms with Crippen molar-refractivity contribution < 1.29 is 9.18 Å². The van der Waals surface area contributed by atoms with E-state index in [9.17, 15) is 9.18 Å². The maximum absolute atomic E-state index is 13.2. The number of halogens is 2. The van der Waals surface area contributed by atoms with E-state index in [-0.39, 0.29) is 11.7 Å². The third-order valence-electron chi connectivity index (χ3n) is 4.63. The van der Waals surface area contributed by atoms with E-state index in [2.05, 4.69) is 22.9 Å². The Balaban J connectivity index is 1.83. The van der Waals surface area contributed by atoms with E-state index in [1.165, 1.54) is 38.2 Å². The molecule has 116 valence electrons. The second kappa shape index (κ2) is 8.07. The first-order valence-electron chi connectivity index (χ1n) is 8.06. The van der Waals surface area contributed by atoms with Crippen molar-refractivity contribution in [2.75, 3.05) is 0 Å². The first-order chi connectivity index (χ1) is 10.1. The van der Waals surface area contributed by atoms with Gasteiger partial charge in [-0.3, -0.25) is 4.79 Å². The Morgan fingerprint density at radius 2 is 2.00 bits per heavy atom. The van der Waals surface area contributed by atoms with Crippen molar-refractivity contribution in [3.8, 4) is 0 Å². The number of hydrogen-bond donors (Lipinski definition) is 0. The molecule has 21 heavy (non-hydrogen) atoms. The third-order valence-corrected chi connectivity index (χ3v) is 5.24. The minimum Gasteiger partial charge on any atom is -0.299 e. The normalized spacial score (nSPS) is 22.2. The largest absolute Gasteiger partial charge is 0.299 e. The second-order valence-corrected chi connectivity index (χ2v) is 7.11. The van der Waals surface area contributed by atoms with Crippen LogP contribution in [0.5, 0.6) is 0 Å². The lowest BCUT2D eigenvalue weighted by Crippen LogP contribution is -2.23. The molecule has 1 saturated carbocycles. The molecular weight excluding hydrogens is 331 g/mol. The first-order valence-corrected chi connectivity index (χ1v) is 8.86. The SMILES string of the molecule is CCCCC1CCC(C(=O)Cc2ccc(F)c(Br)c2)CC1. The molecule has 0 N–H and O–H groups in total. The molecule has 3 heteroatoms. The number of unbranched alkanes of at least 4 members (excludes halogenated alkanes) is 1. The van der Waals surface area contributed by atoms with Gasteiger partial charge in [0.1, 0.15) is 11.6 Å². The lowest BCUT2D eigenvalue weighted by Gasteiger charge is -2.27. The summed E-state index contributed by atoms with van der Waals surface area (Å²) in [6.45, 7) is 2.23. The van der Waals surface area contributed by atoms with Gasteiger partial charge in [-0.1, -0.05) is 32.3 Å². The van der Waals surface area contributed by atoms with Gasteiger partial charge >= 0.3 is 0 Å². The van der Waals surface area contributed by atoms with Crippen LogP contribution in [-0.4, -0.2) is 5.78 Å². The smallest absolute Gasteiger partial charge is 0.140 e. The monoisotopic (exact) mass is 354 g/mol. The molecule has 1 aliphatic carbocycles. The fourth-order valence-corrected chi connectivity index (χ4v) is 3.69. The van der Waals surface area contributed by atoms with Crippen molar-refractivity contribution in [2.24, 2.45) is 11.8 Å². The Hall–Kier alpha value is -0.700. The summed E-state index contributed by atoms with van der Waals surface area (Å²) in [6.07, 6.45) is 8.80. The number of hydrogen-bond acceptors (Lipinski definition) is 1. The van der Waals surface area contributed by atoms with Gasteiger partial charge in [0, 0.05) is 12.3 Å². The van der Waals surface area contributed by atoms with Gasteiger partial charge in [-0.15, -0.1) is 0 Å². The van der Waals surface area contributed by atoms with Crippen LogP contribution < -0.4 is 0 Å². The van der Waals surface area contributed by atoms with Gasteiger partial charge in [-0.05, 0) is 65.2 Å². The molecule has 0 amide bonds. The summed E-state index contributed by atoms with van der Waals surface area (Å²) < 4.78 is 13.6. The minimum absolute atomic E-state index is 0.215. The van der Waals surface area contributed by atoms with Crippen molar-refractivity contribution in [1.82, 2.24) is 0 Å². The highest BCUT2D eigenvalue weighted by Crippen LogP contribution is 2.33. The van der Waals surface area contributed by atoms with Crippen molar-refractivity contribution in [3.05, 3.63) is 34.1 Å². The number of Topliss-reactive ketones (excluding diaryl/α,β-unsaturated/α-hetero) is 1. The summed E-state index contributed by atoms with van der Waals surface area (Å²) >= 11 is 3.18. The lowest BCUT2D eigenvalue weighted by molar-refractivity contribution is -0.123. The zero-order valence-electron chi connectivity index (χ0n) is 12.7. The molecule has 0 radical (unpaired) electrons. The predicted octanol–water partition coefficient (Wildman–Crippen LogP) is 5.70. The van der Waals surface area contributed by atoms with Crippen LogP contribution in [-0.2, 0) is 11.2 Å². The van der Waals surface area contributed by atoms with Crippen LogP contribution in [0.15, 0.2) is 22.7 Å². The Kier molecular flexibility index (Phi) is 6.40. The average Bonchev–Trinajstić information content (AvgIpc) is 2.49. The van der Waals surface area contributed by atoms with Crippen molar-refractivity contribution in [1.29, 1.82) is 0 Å². The van der Waals surface area contributed by atoms with Crippen LogP contribution in [0, 0.1) is 17.7 Å². The van der Waals surface area contributed by atoms with E-state index >= 15 is 0 Å². The molecule has 2 rings (SSSR count). The molecule has 0 saturated heterocycles. The lowest BCUT2D eigenvalue weighted by atomic mass is 9.77. The fourth-order valence-electron chi connectivity index (χ4n) is 3.26. The molecule has 1 aliphatic rings. The summed E-state index contributed by atoms with van der Waals surface area (Å²) in [5.41, 5.74) is 0.904. The van der Waals surface area contributed by atoms with E-state index in [1.54, 1.807) is 12.1 Å². The van der Waals surface area contributed by atoms with E-state index in [0.29, 0.717) is 16.7 Å². The fraction of sp³-hybridized carbons (Fsp3) is 0.611. The topological polar surface area (TPSA) is 17.1 Å². The Labute approximate surface area is 135 Å². The van der Waals surface area contributed by atoms with Gasteiger partial charge in [0.2, 0.25) is 0 Å². The summed E-state index contributed by atoms with van der Waals surface area (Å²) in [7, 11) is 0. The number of ketones is 1. The van der Waals surface area contributed by atoms with Crippen LogP contribution in [0.2, 0.25) is 0 Å². The number of carbonyl (C=O) groups excluding carboxylic acids is 1. The molecule has 0 atom stereocenters. The molecule has 0 aliphatic heterocycles. The molecule has 1 aromatic carbocycles. The van der Waals surface area contributed by atoms with E-state index in [1.807, 2.05) is 0 Å². The van der Waals surface area contributed by atoms with Crippen LogP contribution in [0.3, 0.4) is 0 Å². The molecule has 1 nitrogen and oxygen atoms in total. The van der Waals surface area contributed by atoms with Crippen LogP contribution >= 0.6 is 15.9 Å². The van der Waals surface area contributed by atoms with Gasteiger partial charge in [-0.2, -0.15) is 0 Å². The first kappa shape index (κ1) is 16.7. The zero-order valence-corrected chi connectivity index (χ0v) is 14.3. The summed E-state index contributed by atoms with van der Waals surface area (Å²) in [6, 6.07) is 4.86. The van der Waals surface area contributed by atoms with Gasteiger partial charge in [-0.25, -0.2) is 4.39 Å². The number of carbonyl (C=O) groups is 1. The summed E-state index contributed by atoms with van der Waals surface area (Å²) in [5, 5.41) is 0. The van der Waals surface area contributed by atoms with E-state index in [4.69, 9.17) is 0 Å². The highest BCUT2D eigenvalue weighted by molar-refractivity contribution is 9.10. The molecule has 0 aromatic heterocycles. The number of benzene rings is 1. The molecule has 1 aromatic rings. The standard InChI is InChI=1S/C18H24BrFO/c1-2-3-4-13-5-8-15(9-6-13)18(21)12-14-7-10-17(20)16(19)11-14/h7,10-11,13,15H,2-6,8-9,12H2,1H3. The third kappa shape index (κ3) is 4.91. The maximum Gasteiger partial charge on any atom is 0.140 e. The Bertz CT molecular complexity index is 478. The molecule has 0 heterocycles. The zero-order chi connectivity index (χ0) is 15.2. The van der Waals surface area contributed by atoms with Gasteiger partial charge in [0.25, 0.3) is 0 Å². The van der Waals surface area contributed by atoms with E-state index < -0.39 is 0 Å². The average molecular weight is 355 g/mol. The molecule has 0 bridgehead atoms. The predicted molar refractivity (Wildman–Crippen MR) is 87.8 cm³/mol. The van der Waals surface area contributed by atoms with Gasteiger partial charge in [0.05, 0.1) is 4.47 Å². The molecular formula is C18H24BrFO. The highest BCUT2D eigenvalue weighted by atomic mass is 79.9. The number of rotatable bonds is 6. The van der Waals surface area contributed by atoms with Gasteiger partial charge in [0.15, 0.2) is 0 Å². The molecule has 1 fully saturated rings. The molecule has 0 spiro atoms. The Morgan fingerprint density at radius 1 is 1.29 bits per heavy atom. The summed E-state index contributed by atoms with van der Waals surface area (Å²) in [4.78, 5) is 12.4. The Morgan fingerprint density at radius 3 is 2.62 bits per heavy atom. The van der Waals surface area contributed by atoms with Crippen LogP contribution in [0.1, 0.15) is 57.4 Å². The second-order valence-electron chi connectivity index (χ2n) is 6.25. The van der Waals surface area contributed by atoms with Crippen molar-refractivity contribution >= 4 is 21.7 Å². The van der Waals surface area contributed by atoms with Crippen molar-refractivity contribution in [3.63, 3.8) is 0 Å². The minimum atomic E-state index is -0.275. The van der Waals surface area contributed by atoms with Gasteiger partial charge < -0.3 is 0 Å². The van der Waals surface area contributed by atoms with Crippen LogP contribution in [0.4, 0.5) is 4.39 Å². The summed E-state index contributed by atoms with van der Waals surface area (Å²) in [5.74, 6) is 1.09. The van der Waals surface area contributed by atoms with E-state index in [0.717, 1.165) is 24.3 Å². The van der Waals surface area contributed by atoms with Crippen molar-refractivity contribution in [2.45, 2.75) is 58.3 Å².